The molecule has 122 valence electrons. The number of halogens is 1. The van der Waals surface area contributed by atoms with E-state index in [0.717, 1.165) is 5.69 Å². The van der Waals surface area contributed by atoms with Crippen LogP contribution in [0.4, 0.5) is 17.2 Å². The minimum Gasteiger partial charge on any atom is -0.339 e. The van der Waals surface area contributed by atoms with E-state index in [-0.39, 0.29) is 11.6 Å². The third-order valence-electron chi connectivity index (χ3n) is 3.29. The molecular formula is C18H12ClN5O. The normalized spacial score (nSPS) is 9.92. The molecule has 2 N–H and O–H groups in total. The Balaban J connectivity index is 1.65. The fourth-order valence-corrected chi connectivity index (χ4v) is 2.15. The van der Waals surface area contributed by atoms with E-state index in [1.165, 1.54) is 0 Å². The van der Waals surface area contributed by atoms with Gasteiger partial charge in [-0.05, 0) is 60.7 Å². The summed E-state index contributed by atoms with van der Waals surface area (Å²) in [5.74, 6) is 0.132. The molecule has 1 aromatic heterocycles. The van der Waals surface area contributed by atoms with Crippen LogP contribution in [0, 0.1) is 11.3 Å². The zero-order valence-corrected chi connectivity index (χ0v) is 13.7. The summed E-state index contributed by atoms with van der Waals surface area (Å²) in [7, 11) is 0. The molecule has 3 rings (SSSR count). The summed E-state index contributed by atoms with van der Waals surface area (Å²) in [6.07, 6.45) is 0. The number of nitriles is 1. The predicted octanol–water partition coefficient (Wildman–Crippen LogP) is 4.00. The SMILES string of the molecule is N#Cc1ccc(Nc2ccc(C(=O)Nc3ccc(Cl)cc3)nn2)cc1. The molecule has 0 saturated heterocycles. The molecule has 0 spiro atoms. The van der Waals surface area contributed by atoms with Gasteiger partial charge in [-0.15, -0.1) is 10.2 Å². The van der Waals surface area contributed by atoms with Crippen LogP contribution in [0.15, 0.2) is 60.7 Å². The highest BCUT2D eigenvalue weighted by atomic mass is 35.5. The Kier molecular flexibility index (Phi) is 4.88. The van der Waals surface area contributed by atoms with Crippen molar-refractivity contribution in [3.63, 3.8) is 0 Å². The average molecular weight is 350 g/mol. The third-order valence-corrected chi connectivity index (χ3v) is 3.54. The molecule has 0 saturated carbocycles. The number of hydrogen-bond donors (Lipinski definition) is 2. The maximum Gasteiger partial charge on any atom is 0.276 e. The highest BCUT2D eigenvalue weighted by Gasteiger charge is 2.09. The molecule has 1 amide bonds. The Bertz CT molecular complexity index is 916. The summed E-state index contributed by atoms with van der Waals surface area (Å²) in [4.78, 5) is 12.1. The largest absolute Gasteiger partial charge is 0.339 e. The smallest absolute Gasteiger partial charge is 0.276 e. The maximum atomic E-state index is 12.1. The second-order valence-corrected chi connectivity index (χ2v) is 5.52. The molecule has 25 heavy (non-hydrogen) atoms. The van der Waals surface area contributed by atoms with E-state index in [4.69, 9.17) is 16.9 Å². The lowest BCUT2D eigenvalue weighted by Gasteiger charge is -2.07. The van der Waals surface area contributed by atoms with E-state index in [2.05, 4.69) is 26.9 Å². The van der Waals surface area contributed by atoms with E-state index in [1.807, 2.05) is 0 Å². The number of nitrogens with zero attached hydrogens (tertiary/aromatic N) is 3. The van der Waals surface area contributed by atoms with Crippen LogP contribution in [-0.2, 0) is 0 Å². The fraction of sp³-hybridized carbons (Fsp3) is 0. The minimum atomic E-state index is -0.361. The molecule has 0 fully saturated rings. The number of carbonyl (C=O) groups excluding carboxylic acids is 1. The predicted molar refractivity (Wildman–Crippen MR) is 95.9 cm³/mol. The summed E-state index contributed by atoms with van der Waals surface area (Å²) in [6.45, 7) is 0. The molecule has 3 aromatic rings. The van der Waals surface area contributed by atoms with Gasteiger partial charge in [0.15, 0.2) is 11.5 Å². The van der Waals surface area contributed by atoms with E-state index < -0.39 is 0 Å². The summed E-state index contributed by atoms with van der Waals surface area (Å²) < 4.78 is 0. The number of aromatic nitrogens is 2. The Labute approximate surface area is 149 Å². The van der Waals surface area contributed by atoms with Crippen LogP contribution in [0.1, 0.15) is 16.1 Å². The van der Waals surface area contributed by atoms with Gasteiger partial charge in [0.05, 0.1) is 11.6 Å². The van der Waals surface area contributed by atoms with Gasteiger partial charge in [0.1, 0.15) is 0 Å². The monoisotopic (exact) mass is 349 g/mol. The van der Waals surface area contributed by atoms with E-state index in [9.17, 15) is 4.79 Å². The van der Waals surface area contributed by atoms with Crippen molar-refractivity contribution in [2.75, 3.05) is 10.6 Å². The molecule has 0 unspecified atom stereocenters. The summed E-state index contributed by atoms with van der Waals surface area (Å²) in [5.41, 5.74) is 2.16. The van der Waals surface area contributed by atoms with Crippen molar-refractivity contribution in [3.05, 3.63) is 76.9 Å². The molecule has 0 bridgehead atoms. The number of benzene rings is 2. The first-order valence-corrected chi connectivity index (χ1v) is 7.70. The topological polar surface area (TPSA) is 90.7 Å². The molecule has 0 aliphatic rings. The molecule has 0 aliphatic carbocycles. The van der Waals surface area contributed by atoms with Gasteiger partial charge in [-0.1, -0.05) is 11.6 Å². The Morgan fingerprint density at radius 2 is 1.60 bits per heavy atom. The molecule has 0 atom stereocenters. The first-order chi connectivity index (χ1) is 12.1. The molecule has 1 heterocycles. The number of anilines is 3. The van der Waals surface area contributed by atoms with Crippen LogP contribution in [-0.4, -0.2) is 16.1 Å². The van der Waals surface area contributed by atoms with Crippen LogP contribution in [0.2, 0.25) is 5.02 Å². The van der Waals surface area contributed by atoms with Crippen LogP contribution in [0.25, 0.3) is 0 Å². The molecular weight excluding hydrogens is 338 g/mol. The number of carbonyl (C=O) groups is 1. The third kappa shape index (κ3) is 4.31. The van der Waals surface area contributed by atoms with Gasteiger partial charge in [-0.3, -0.25) is 4.79 Å². The van der Waals surface area contributed by atoms with Gasteiger partial charge >= 0.3 is 0 Å². The van der Waals surface area contributed by atoms with Gasteiger partial charge in [-0.2, -0.15) is 5.26 Å². The zero-order chi connectivity index (χ0) is 17.6. The van der Waals surface area contributed by atoms with Gasteiger partial charge in [-0.25, -0.2) is 0 Å². The highest BCUT2D eigenvalue weighted by Crippen LogP contribution is 2.16. The number of nitrogens with one attached hydrogen (secondary N) is 2. The van der Waals surface area contributed by atoms with Crippen molar-refractivity contribution >= 4 is 34.7 Å². The van der Waals surface area contributed by atoms with Gasteiger partial charge < -0.3 is 10.6 Å². The summed E-state index contributed by atoms with van der Waals surface area (Å²) in [5, 5.41) is 23.0. The van der Waals surface area contributed by atoms with Gasteiger partial charge in [0.25, 0.3) is 5.91 Å². The van der Waals surface area contributed by atoms with Crippen molar-refractivity contribution in [2.45, 2.75) is 0 Å². The van der Waals surface area contributed by atoms with Crippen molar-refractivity contribution in [3.8, 4) is 6.07 Å². The van der Waals surface area contributed by atoms with Gasteiger partial charge in [0.2, 0.25) is 0 Å². The quantitative estimate of drug-likeness (QED) is 0.743. The number of rotatable bonds is 4. The average Bonchev–Trinajstić information content (AvgIpc) is 2.65. The first-order valence-electron chi connectivity index (χ1n) is 7.32. The van der Waals surface area contributed by atoms with Crippen LogP contribution >= 0.6 is 11.6 Å². The second-order valence-electron chi connectivity index (χ2n) is 5.08. The number of hydrogen-bond acceptors (Lipinski definition) is 5. The van der Waals surface area contributed by atoms with Crippen LogP contribution in [0.3, 0.4) is 0 Å². The zero-order valence-electron chi connectivity index (χ0n) is 12.9. The lowest BCUT2D eigenvalue weighted by Crippen LogP contribution is -2.14. The Morgan fingerprint density at radius 3 is 2.20 bits per heavy atom. The molecule has 7 heteroatoms. The summed E-state index contributed by atoms with van der Waals surface area (Å²) >= 11 is 5.81. The van der Waals surface area contributed by atoms with Crippen LogP contribution < -0.4 is 10.6 Å². The van der Waals surface area contributed by atoms with Gasteiger partial charge in [0, 0.05) is 16.4 Å². The lowest BCUT2D eigenvalue weighted by molar-refractivity contribution is 0.102. The molecule has 0 aliphatic heterocycles. The first kappa shape index (κ1) is 16.4. The minimum absolute atomic E-state index is 0.195. The lowest BCUT2D eigenvalue weighted by atomic mass is 10.2. The second kappa shape index (κ2) is 7.43. The maximum absolute atomic E-state index is 12.1. The van der Waals surface area contributed by atoms with Crippen molar-refractivity contribution in [1.29, 1.82) is 5.26 Å². The van der Waals surface area contributed by atoms with Crippen molar-refractivity contribution < 1.29 is 4.79 Å². The number of amides is 1. The Hall–Kier alpha value is -3.43. The highest BCUT2D eigenvalue weighted by molar-refractivity contribution is 6.30. The molecule has 0 radical (unpaired) electrons. The fourth-order valence-electron chi connectivity index (χ4n) is 2.02. The van der Waals surface area contributed by atoms with E-state index in [0.29, 0.717) is 22.1 Å². The summed E-state index contributed by atoms with van der Waals surface area (Å²) in [6, 6.07) is 19.0. The Morgan fingerprint density at radius 1 is 0.920 bits per heavy atom. The van der Waals surface area contributed by atoms with Crippen molar-refractivity contribution in [1.82, 2.24) is 10.2 Å². The van der Waals surface area contributed by atoms with Crippen LogP contribution in [0.5, 0.6) is 0 Å². The molecule has 2 aromatic carbocycles. The van der Waals surface area contributed by atoms with Crippen molar-refractivity contribution in [2.24, 2.45) is 0 Å². The standard InChI is InChI=1S/C18H12ClN5O/c19-13-3-7-15(8-4-13)22-18(25)16-9-10-17(24-23-16)21-14-5-1-12(11-20)2-6-14/h1-10H,(H,21,24)(H,22,25). The van der Waals surface area contributed by atoms with E-state index in [1.54, 1.807) is 60.7 Å². The molecule has 6 nitrogen and oxygen atoms in total. The van der Waals surface area contributed by atoms with E-state index >= 15 is 0 Å².